The summed E-state index contributed by atoms with van der Waals surface area (Å²) in [4.78, 5) is 22.4. The molecule has 0 bridgehead atoms. The van der Waals surface area contributed by atoms with Crippen LogP contribution in [0.1, 0.15) is 50.9 Å². The molecular formula is C15H23ClN4O. The summed E-state index contributed by atoms with van der Waals surface area (Å²) >= 11 is 6.25. The number of hydrogen-bond donors (Lipinski definition) is 1. The number of nitrogens with one attached hydrogen (secondary N) is 1. The summed E-state index contributed by atoms with van der Waals surface area (Å²) in [5.41, 5.74) is 0.930. The van der Waals surface area contributed by atoms with Crippen molar-refractivity contribution in [1.82, 2.24) is 15.3 Å². The molecule has 0 unspecified atom stereocenters. The Bertz CT molecular complexity index is 525. The summed E-state index contributed by atoms with van der Waals surface area (Å²) in [6.45, 7) is 9.40. The lowest BCUT2D eigenvalue weighted by Crippen LogP contribution is -2.44. The quantitative estimate of drug-likeness (QED) is 0.872. The van der Waals surface area contributed by atoms with Gasteiger partial charge in [0.15, 0.2) is 0 Å². The Labute approximate surface area is 131 Å². The van der Waals surface area contributed by atoms with E-state index in [1.807, 2.05) is 6.92 Å². The summed E-state index contributed by atoms with van der Waals surface area (Å²) in [6, 6.07) is 0.265. The molecular weight excluding hydrogens is 288 g/mol. The Morgan fingerprint density at radius 3 is 2.48 bits per heavy atom. The van der Waals surface area contributed by atoms with E-state index in [1.165, 1.54) is 0 Å². The summed E-state index contributed by atoms with van der Waals surface area (Å²) < 4.78 is 0. The van der Waals surface area contributed by atoms with Crippen molar-refractivity contribution in [1.29, 1.82) is 0 Å². The van der Waals surface area contributed by atoms with Crippen molar-refractivity contribution < 1.29 is 4.79 Å². The van der Waals surface area contributed by atoms with Gasteiger partial charge in [-0.3, -0.25) is 4.79 Å². The third-order valence-electron chi connectivity index (χ3n) is 3.80. The third-order valence-corrected chi connectivity index (χ3v) is 4.16. The molecule has 5 nitrogen and oxygen atoms in total. The number of piperidine rings is 1. The Balaban J connectivity index is 2.14. The summed E-state index contributed by atoms with van der Waals surface area (Å²) in [6.07, 6.45) is 1.86. The van der Waals surface area contributed by atoms with Gasteiger partial charge in [0.05, 0.1) is 0 Å². The van der Waals surface area contributed by atoms with Crippen LogP contribution >= 0.6 is 11.6 Å². The van der Waals surface area contributed by atoms with Gasteiger partial charge in [0.25, 0.3) is 0 Å². The number of carbonyl (C=O) groups excluding carboxylic acids is 1. The van der Waals surface area contributed by atoms with Crippen molar-refractivity contribution in [3.8, 4) is 0 Å². The average molecular weight is 311 g/mol. The fourth-order valence-corrected chi connectivity index (χ4v) is 2.75. The smallest absolute Gasteiger partial charge is 0.217 e. The van der Waals surface area contributed by atoms with Crippen LogP contribution in [-0.2, 0) is 4.79 Å². The van der Waals surface area contributed by atoms with Crippen molar-refractivity contribution in [3.05, 3.63) is 16.5 Å². The molecule has 1 amide bonds. The van der Waals surface area contributed by atoms with Gasteiger partial charge in [-0.2, -0.15) is 0 Å². The maximum atomic E-state index is 11.1. The normalized spacial score (nSPS) is 16.4. The number of anilines is 1. The molecule has 0 aliphatic carbocycles. The highest BCUT2D eigenvalue weighted by Crippen LogP contribution is 2.27. The lowest BCUT2D eigenvalue weighted by molar-refractivity contribution is -0.119. The molecule has 1 saturated heterocycles. The third kappa shape index (κ3) is 3.84. The second-order valence-electron chi connectivity index (χ2n) is 5.94. The van der Waals surface area contributed by atoms with Crippen LogP contribution in [0.3, 0.4) is 0 Å². The van der Waals surface area contributed by atoms with Gasteiger partial charge in [0, 0.05) is 37.5 Å². The first-order valence-electron chi connectivity index (χ1n) is 7.44. The molecule has 1 aromatic heterocycles. The van der Waals surface area contributed by atoms with Crippen molar-refractivity contribution in [3.63, 3.8) is 0 Å². The molecule has 2 rings (SSSR count). The molecule has 1 N–H and O–H groups in total. The van der Waals surface area contributed by atoms with Crippen LogP contribution in [0.15, 0.2) is 0 Å². The number of hydrogen-bond acceptors (Lipinski definition) is 4. The van der Waals surface area contributed by atoms with Crippen LogP contribution in [0.4, 0.5) is 5.82 Å². The van der Waals surface area contributed by atoms with Gasteiger partial charge < -0.3 is 10.2 Å². The monoisotopic (exact) mass is 310 g/mol. The lowest BCUT2D eigenvalue weighted by Gasteiger charge is -2.34. The Morgan fingerprint density at radius 1 is 1.33 bits per heavy atom. The number of nitrogens with zero attached hydrogens (tertiary/aromatic N) is 3. The van der Waals surface area contributed by atoms with Crippen LogP contribution in [0, 0.1) is 6.92 Å². The standard InChI is InChI=1S/C15H23ClN4O/c1-9(2)14-18-13(16)10(3)15(19-14)20-7-5-12(6-8-20)17-11(4)21/h9,12H,5-8H2,1-4H3,(H,17,21). The van der Waals surface area contributed by atoms with Gasteiger partial charge in [-0.05, 0) is 19.8 Å². The first-order valence-corrected chi connectivity index (χ1v) is 7.82. The molecule has 116 valence electrons. The van der Waals surface area contributed by atoms with Crippen molar-refractivity contribution >= 4 is 23.3 Å². The number of carbonyl (C=O) groups is 1. The number of aromatic nitrogens is 2. The highest BCUT2D eigenvalue weighted by molar-refractivity contribution is 6.30. The van der Waals surface area contributed by atoms with E-state index in [1.54, 1.807) is 6.92 Å². The molecule has 0 radical (unpaired) electrons. The van der Waals surface area contributed by atoms with Crippen LogP contribution in [0.25, 0.3) is 0 Å². The highest BCUT2D eigenvalue weighted by Gasteiger charge is 2.23. The molecule has 21 heavy (non-hydrogen) atoms. The molecule has 2 heterocycles. The number of halogens is 1. The summed E-state index contributed by atoms with van der Waals surface area (Å²) in [5.74, 6) is 2.00. The predicted octanol–water partition coefficient (Wildman–Crippen LogP) is 2.67. The molecule has 1 aliphatic rings. The molecule has 0 spiro atoms. The second kappa shape index (κ2) is 6.60. The van der Waals surface area contributed by atoms with E-state index in [4.69, 9.17) is 11.6 Å². The van der Waals surface area contributed by atoms with Crippen LogP contribution in [-0.4, -0.2) is 35.0 Å². The van der Waals surface area contributed by atoms with Crippen LogP contribution < -0.4 is 10.2 Å². The van der Waals surface area contributed by atoms with E-state index in [9.17, 15) is 4.79 Å². The van der Waals surface area contributed by atoms with Crippen molar-refractivity contribution in [2.24, 2.45) is 0 Å². The van der Waals surface area contributed by atoms with Gasteiger partial charge in [-0.15, -0.1) is 0 Å². The van der Waals surface area contributed by atoms with Gasteiger partial charge in [-0.25, -0.2) is 9.97 Å². The molecule has 1 aliphatic heterocycles. The molecule has 1 aromatic rings. The minimum atomic E-state index is 0.0387. The zero-order valence-corrected chi connectivity index (χ0v) is 13.9. The fraction of sp³-hybridized carbons (Fsp3) is 0.667. The van der Waals surface area contributed by atoms with E-state index >= 15 is 0 Å². The van der Waals surface area contributed by atoms with Crippen LogP contribution in [0.2, 0.25) is 5.15 Å². The minimum absolute atomic E-state index is 0.0387. The van der Waals surface area contributed by atoms with E-state index in [0.29, 0.717) is 5.15 Å². The van der Waals surface area contributed by atoms with E-state index in [2.05, 4.69) is 34.0 Å². The molecule has 0 saturated carbocycles. The minimum Gasteiger partial charge on any atom is -0.356 e. The first-order chi connectivity index (χ1) is 9.88. The molecule has 1 fully saturated rings. The summed E-state index contributed by atoms with van der Waals surface area (Å²) in [5, 5.41) is 3.52. The van der Waals surface area contributed by atoms with Gasteiger partial charge in [0.1, 0.15) is 16.8 Å². The first kappa shape index (κ1) is 16.0. The molecule has 0 aromatic carbocycles. The Kier molecular flexibility index (Phi) is 5.04. The average Bonchev–Trinajstić information content (AvgIpc) is 2.42. The largest absolute Gasteiger partial charge is 0.356 e. The zero-order chi connectivity index (χ0) is 15.6. The maximum Gasteiger partial charge on any atom is 0.217 e. The zero-order valence-electron chi connectivity index (χ0n) is 13.1. The molecule has 0 atom stereocenters. The second-order valence-corrected chi connectivity index (χ2v) is 6.30. The Hall–Kier alpha value is -1.36. The molecule has 6 heteroatoms. The Morgan fingerprint density at radius 2 is 1.95 bits per heavy atom. The van der Waals surface area contributed by atoms with E-state index in [-0.39, 0.29) is 17.9 Å². The topological polar surface area (TPSA) is 58.1 Å². The fourth-order valence-electron chi connectivity index (χ4n) is 2.58. The van der Waals surface area contributed by atoms with E-state index < -0.39 is 0 Å². The maximum absolute atomic E-state index is 11.1. The van der Waals surface area contributed by atoms with Crippen molar-refractivity contribution in [2.45, 2.75) is 52.5 Å². The number of amides is 1. The summed E-state index contributed by atoms with van der Waals surface area (Å²) in [7, 11) is 0. The van der Waals surface area contributed by atoms with Gasteiger partial charge >= 0.3 is 0 Å². The SMILES string of the molecule is CC(=O)NC1CCN(c2nc(C(C)C)nc(Cl)c2C)CC1. The lowest BCUT2D eigenvalue weighted by atomic mass is 10.0. The van der Waals surface area contributed by atoms with Gasteiger partial charge in [-0.1, -0.05) is 25.4 Å². The highest BCUT2D eigenvalue weighted by atomic mass is 35.5. The van der Waals surface area contributed by atoms with Crippen molar-refractivity contribution in [2.75, 3.05) is 18.0 Å². The number of rotatable bonds is 3. The van der Waals surface area contributed by atoms with E-state index in [0.717, 1.165) is 43.1 Å². The van der Waals surface area contributed by atoms with Crippen LogP contribution in [0.5, 0.6) is 0 Å². The predicted molar refractivity (Wildman–Crippen MR) is 84.9 cm³/mol. The van der Waals surface area contributed by atoms with Gasteiger partial charge in [0.2, 0.25) is 5.91 Å².